The fourth-order valence-corrected chi connectivity index (χ4v) is 3.98. The summed E-state index contributed by atoms with van der Waals surface area (Å²) in [4.78, 5) is 11.4. The zero-order valence-corrected chi connectivity index (χ0v) is 13.9. The van der Waals surface area contributed by atoms with Crippen LogP contribution in [0, 0.1) is 5.41 Å². The number of nitrogens with one attached hydrogen (secondary N) is 1. The van der Waals surface area contributed by atoms with E-state index in [1.807, 2.05) is 13.8 Å². The van der Waals surface area contributed by atoms with Crippen molar-refractivity contribution in [2.24, 2.45) is 5.41 Å². The Morgan fingerprint density at radius 3 is 2.14 bits per heavy atom. The monoisotopic (exact) mass is 322 g/mol. The number of rotatable bonds is 7. The Labute approximate surface area is 126 Å². The molecule has 0 aromatic rings. The highest BCUT2D eigenvalue weighted by atomic mass is 32.2. The van der Waals surface area contributed by atoms with Gasteiger partial charge < -0.3 is 9.84 Å². The largest absolute Gasteiger partial charge is 0.481 e. The summed E-state index contributed by atoms with van der Waals surface area (Å²) in [7, 11) is -3.70. The van der Waals surface area contributed by atoms with Crippen molar-refractivity contribution in [3.05, 3.63) is 0 Å². The van der Waals surface area contributed by atoms with E-state index >= 15 is 0 Å². The molecule has 1 rings (SSSR count). The molecule has 2 unspecified atom stereocenters. The van der Waals surface area contributed by atoms with E-state index in [2.05, 4.69) is 4.72 Å². The summed E-state index contributed by atoms with van der Waals surface area (Å²) in [5, 5.41) is 9.35. The predicted molar refractivity (Wildman–Crippen MR) is 79.2 cm³/mol. The van der Waals surface area contributed by atoms with Gasteiger partial charge in [0, 0.05) is 19.6 Å². The highest BCUT2D eigenvalue weighted by molar-refractivity contribution is 7.87. The number of carboxylic acids is 1. The average Bonchev–Trinajstić information content (AvgIpc) is 2.39. The zero-order valence-electron chi connectivity index (χ0n) is 13.1. The lowest BCUT2D eigenvalue weighted by atomic mass is 9.83. The lowest BCUT2D eigenvalue weighted by Gasteiger charge is -2.35. The van der Waals surface area contributed by atoms with E-state index in [1.165, 1.54) is 4.31 Å². The quantitative estimate of drug-likeness (QED) is 0.723. The third-order valence-electron chi connectivity index (χ3n) is 4.13. The summed E-state index contributed by atoms with van der Waals surface area (Å²) in [5.41, 5.74) is -1.06. The Hall–Kier alpha value is -0.700. The van der Waals surface area contributed by atoms with Gasteiger partial charge in [-0.2, -0.15) is 12.7 Å². The van der Waals surface area contributed by atoms with Crippen LogP contribution in [0.3, 0.4) is 0 Å². The molecule has 7 nitrogen and oxygen atoms in total. The number of nitrogens with zero attached hydrogens (tertiary/aromatic N) is 1. The van der Waals surface area contributed by atoms with Crippen molar-refractivity contribution in [2.75, 3.05) is 19.6 Å². The zero-order chi connectivity index (χ0) is 16.3. The van der Waals surface area contributed by atoms with Crippen molar-refractivity contribution >= 4 is 16.2 Å². The summed E-state index contributed by atoms with van der Waals surface area (Å²) in [6, 6.07) is 0. The SMILES string of the molecule is CCC(CC)(CNS(=O)(=O)N1CC(C)OC(C)C1)C(=O)O. The van der Waals surface area contributed by atoms with Crippen LogP contribution in [0.2, 0.25) is 0 Å². The number of aliphatic carboxylic acids is 1. The second kappa shape index (κ2) is 7.04. The van der Waals surface area contributed by atoms with E-state index in [-0.39, 0.29) is 31.8 Å². The smallest absolute Gasteiger partial charge is 0.310 e. The van der Waals surface area contributed by atoms with Gasteiger partial charge in [0.25, 0.3) is 10.2 Å². The normalized spacial score (nSPS) is 25.0. The molecule has 0 spiro atoms. The molecule has 124 valence electrons. The van der Waals surface area contributed by atoms with Gasteiger partial charge in [0.05, 0.1) is 17.6 Å². The lowest BCUT2D eigenvalue weighted by molar-refractivity contribution is -0.149. The maximum absolute atomic E-state index is 12.3. The second-order valence-electron chi connectivity index (χ2n) is 5.69. The third-order valence-corrected chi connectivity index (χ3v) is 5.61. The predicted octanol–water partition coefficient (Wildman–Crippen LogP) is 0.821. The average molecular weight is 322 g/mol. The first kappa shape index (κ1) is 18.3. The van der Waals surface area contributed by atoms with Gasteiger partial charge in [0.1, 0.15) is 0 Å². The lowest BCUT2D eigenvalue weighted by Crippen LogP contribution is -2.54. The topological polar surface area (TPSA) is 95.9 Å². The Morgan fingerprint density at radius 1 is 1.29 bits per heavy atom. The molecule has 1 heterocycles. The molecule has 1 aliphatic heterocycles. The molecule has 0 aliphatic carbocycles. The molecule has 1 fully saturated rings. The molecule has 1 aliphatic rings. The Bertz CT molecular complexity index is 451. The molecule has 21 heavy (non-hydrogen) atoms. The molecule has 0 radical (unpaired) electrons. The minimum atomic E-state index is -3.70. The summed E-state index contributed by atoms with van der Waals surface area (Å²) in [5.74, 6) is -0.973. The summed E-state index contributed by atoms with van der Waals surface area (Å²) in [6.45, 7) is 7.60. The molecule has 0 bridgehead atoms. The van der Waals surface area contributed by atoms with Crippen LogP contribution < -0.4 is 4.72 Å². The van der Waals surface area contributed by atoms with Gasteiger partial charge in [-0.15, -0.1) is 0 Å². The van der Waals surface area contributed by atoms with E-state index in [0.29, 0.717) is 12.8 Å². The van der Waals surface area contributed by atoms with Gasteiger partial charge in [0.15, 0.2) is 0 Å². The number of carboxylic acid groups (broad SMARTS) is 1. The van der Waals surface area contributed by atoms with E-state index in [0.717, 1.165) is 0 Å². The number of hydrogen-bond donors (Lipinski definition) is 2. The Kier molecular flexibility index (Phi) is 6.15. The molecule has 0 amide bonds. The Morgan fingerprint density at radius 2 is 1.76 bits per heavy atom. The van der Waals surface area contributed by atoms with Gasteiger partial charge in [-0.05, 0) is 26.7 Å². The van der Waals surface area contributed by atoms with Crippen LogP contribution in [0.5, 0.6) is 0 Å². The van der Waals surface area contributed by atoms with E-state index in [9.17, 15) is 18.3 Å². The molecule has 0 aromatic carbocycles. The van der Waals surface area contributed by atoms with Crippen LogP contribution in [-0.4, -0.2) is 55.6 Å². The minimum absolute atomic E-state index is 0.0994. The molecule has 8 heteroatoms. The Balaban J connectivity index is 2.78. The van der Waals surface area contributed by atoms with Crippen molar-refractivity contribution in [1.29, 1.82) is 0 Å². The van der Waals surface area contributed by atoms with Gasteiger partial charge in [0.2, 0.25) is 0 Å². The summed E-state index contributed by atoms with van der Waals surface area (Å²) in [6.07, 6.45) is 0.396. The minimum Gasteiger partial charge on any atom is -0.481 e. The van der Waals surface area contributed by atoms with Crippen molar-refractivity contribution in [3.8, 4) is 0 Å². The first-order valence-corrected chi connectivity index (χ1v) is 8.74. The maximum Gasteiger partial charge on any atom is 0.310 e. The van der Waals surface area contributed by atoms with Gasteiger partial charge in [-0.3, -0.25) is 4.79 Å². The van der Waals surface area contributed by atoms with E-state index in [1.54, 1.807) is 13.8 Å². The van der Waals surface area contributed by atoms with Crippen molar-refractivity contribution < 1.29 is 23.1 Å². The molecule has 2 atom stereocenters. The van der Waals surface area contributed by atoms with Crippen LogP contribution in [0.1, 0.15) is 40.5 Å². The molecule has 1 saturated heterocycles. The fourth-order valence-electron chi connectivity index (χ4n) is 2.53. The van der Waals surface area contributed by atoms with Crippen molar-refractivity contribution in [3.63, 3.8) is 0 Å². The summed E-state index contributed by atoms with van der Waals surface area (Å²) >= 11 is 0. The van der Waals surface area contributed by atoms with Crippen LogP contribution in [0.25, 0.3) is 0 Å². The number of carbonyl (C=O) groups is 1. The number of ether oxygens (including phenoxy) is 1. The maximum atomic E-state index is 12.3. The van der Waals surface area contributed by atoms with Crippen LogP contribution in [-0.2, 0) is 19.7 Å². The fraction of sp³-hybridized carbons (Fsp3) is 0.923. The number of morpholine rings is 1. The highest BCUT2D eigenvalue weighted by Gasteiger charge is 2.38. The second-order valence-corrected chi connectivity index (χ2v) is 7.45. The van der Waals surface area contributed by atoms with Crippen LogP contribution in [0.4, 0.5) is 0 Å². The van der Waals surface area contributed by atoms with Crippen LogP contribution in [0.15, 0.2) is 0 Å². The third kappa shape index (κ3) is 4.38. The molecule has 2 N–H and O–H groups in total. The number of hydrogen-bond acceptors (Lipinski definition) is 4. The van der Waals surface area contributed by atoms with Gasteiger partial charge >= 0.3 is 5.97 Å². The summed E-state index contributed by atoms with van der Waals surface area (Å²) < 4.78 is 34.0. The molecular weight excluding hydrogens is 296 g/mol. The molecule has 0 aromatic heterocycles. The van der Waals surface area contributed by atoms with Crippen molar-refractivity contribution in [1.82, 2.24) is 9.03 Å². The van der Waals surface area contributed by atoms with E-state index < -0.39 is 21.6 Å². The first-order chi connectivity index (χ1) is 9.66. The van der Waals surface area contributed by atoms with Gasteiger partial charge in [-0.25, -0.2) is 4.72 Å². The highest BCUT2D eigenvalue weighted by Crippen LogP contribution is 2.26. The van der Waals surface area contributed by atoms with E-state index in [4.69, 9.17) is 4.74 Å². The van der Waals surface area contributed by atoms with Crippen LogP contribution >= 0.6 is 0 Å². The first-order valence-electron chi connectivity index (χ1n) is 7.30. The standard InChI is InChI=1S/C13H26N2O5S/c1-5-13(6-2,12(16)17)9-14-21(18,19)15-7-10(3)20-11(4)8-15/h10-11,14H,5-9H2,1-4H3,(H,16,17). The van der Waals surface area contributed by atoms with Gasteiger partial charge in [-0.1, -0.05) is 13.8 Å². The van der Waals surface area contributed by atoms with Crippen molar-refractivity contribution in [2.45, 2.75) is 52.7 Å². The molecular formula is C13H26N2O5S. The molecule has 0 saturated carbocycles.